The number of hydrogen-bond donors (Lipinski definition) is 2. The summed E-state index contributed by atoms with van der Waals surface area (Å²) in [4.78, 5) is 7.67. The highest BCUT2D eigenvalue weighted by Gasteiger charge is 2.08. The van der Waals surface area contributed by atoms with E-state index in [4.69, 9.17) is 17.3 Å². The number of imidazole rings is 1. The van der Waals surface area contributed by atoms with Crippen LogP contribution in [0.25, 0.3) is 0 Å². The number of nitrogens with one attached hydrogen (secondary N) is 1. The Labute approximate surface area is 110 Å². The maximum Gasteiger partial charge on any atom is 0.141 e. The summed E-state index contributed by atoms with van der Waals surface area (Å²) in [6, 6.07) is 4.73. The van der Waals surface area contributed by atoms with Gasteiger partial charge in [-0.1, -0.05) is 17.7 Å². The first-order valence-electron chi connectivity index (χ1n) is 5.78. The molecule has 0 unspecified atom stereocenters. The summed E-state index contributed by atoms with van der Waals surface area (Å²) in [5.41, 5.74) is 8.39. The minimum absolute atomic E-state index is 0.142. The highest BCUT2D eigenvalue weighted by Crippen LogP contribution is 2.19. The average molecular weight is 268 g/mol. The largest absolute Gasteiger partial charge is 0.346 e. The van der Waals surface area contributed by atoms with Gasteiger partial charge in [0.25, 0.3) is 0 Å². The average Bonchev–Trinajstić information content (AvgIpc) is 2.65. The zero-order valence-corrected chi connectivity index (χ0v) is 10.9. The molecule has 5 heteroatoms. The van der Waals surface area contributed by atoms with E-state index in [9.17, 15) is 4.39 Å². The van der Waals surface area contributed by atoms with E-state index in [2.05, 4.69) is 9.97 Å². The summed E-state index contributed by atoms with van der Waals surface area (Å²) in [6.07, 6.45) is 1.36. The van der Waals surface area contributed by atoms with Crippen LogP contribution in [0.5, 0.6) is 0 Å². The number of aromatic amines is 1. The van der Waals surface area contributed by atoms with E-state index in [-0.39, 0.29) is 5.02 Å². The van der Waals surface area contributed by atoms with Crippen molar-refractivity contribution in [2.24, 2.45) is 5.73 Å². The van der Waals surface area contributed by atoms with Gasteiger partial charge in [0.15, 0.2) is 0 Å². The molecule has 0 aliphatic heterocycles. The molecule has 0 aliphatic rings. The molecular formula is C13H15ClFN3. The van der Waals surface area contributed by atoms with Crippen molar-refractivity contribution in [2.45, 2.75) is 19.8 Å². The van der Waals surface area contributed by atoms with Crippen LogP contribution in [0, 0.1) is 12.7 Å². The molecule has 2 rings (SSSR count). The molecule has 0 spiro atoms. The van der Waals surface area contributed by atoms with Gasteiger partial charge >= 0.3 is 0 Å². The highest BCUT2D eigenvalue weighted by molar-refractivity contribution is 6.30. The number of nitrogens with two attached hydrogens (primary N) is 1. The van der Waals surface area contributed by atoms with Gasteiger partial charge in [-0.15, -0.1) is 0 Å². The lowest BCUT2D eigenvalue weighted by atomic mass is 10.1. The molecular weight excluding hydrogens is 253 g/mol. The summed E-state index contributed by atoms with van der Waals surface area (Å²) in [6.45, 7) is 2.53. The molecule has 18 heavy (non-hydrogen) atoms. The van der Waals surface area contributed by atoms with Crippen molar-refractivity contribution in [1.29, 1.82) is 0 Å². The fourth-order valence-electron chi connectivity index (χ4n) is 1.83. The van der Waals surface area contributed by atoms with E-state index in [1.54, 1.807) is 12.1 Å². The smallest absolute Gasteiger partial charge is 0.141 e. The van der Waals surface area contributed by atoms with Crippen LogP contribution in [0.4, 0.5) is 4.39 Å². The zero-order chi connectivity index (χ0) is 13.1. The third-order valence-corrected chi connectivity index (χ3v) is 3.06. The van der Waals surface area contributed by atoms with Crippen LogP contribution in [0.3, 0.4) is 0 Å². The topological polar surface area (TPSA) is 54.7 Å². The van der Waals surface area contributed by atoms with Crippen molar-refractivity contribution in [3.63, 3.8) is 0 Å². The molecule has 0 aliphatic carbocycles. The van der Waals surface area contributed by atoms with Crippen LogP contribution in [-0.2, 0) is 12.8 Å². The Morgan fingerprint density at radius 1 is 1.44 bits per heavy atom. The Kier molecular flexibility index (Phi) is 3.99. The second-order valence-electron chi connectivity index (χ2n) is 4.22. The van der Waals surface area contributed by atoms with Gasteiger partial charge in [-0.25, -0.2) is 9.37 Å². The van der Waals surface area contributed by atoms with Crippen LogP contribution in [0.15, 0.2) is 18.2 Å². The van der Waals surface area contributed by atoms with E-state index >= 15 is 0 Å². The van der Waals surface area contributed by atoms with E-state index in [1.807, 2.05) is 6.92 Å². The van der Waals surface area contributed by atoms with Crippen molar-refractivity contribution >= 4 is 11.6 Å². The van der Waals surface area contributed by atoms with Gasteiger partial charge in [0.05, 0.1) is 10.7 Å². The Bertz CT molecular complexity index is 551. The van der Waals surface area contributed by atoms with Crippen LogP contribution >= 0.6 is 11.6 Å². The Balaban J connectivity index is 2.20. The van der Waals surface area contributed by atoms with Crippen molar-refractivity contribution in [3.8, 4) is 0 Å². The fraction of sp³-hybridized carbons (Fsp3) is 0.308. The second kappa shape index (κ2) is 5.50. The summed E-state index contributed by atoms with van der Waals surface area (Å²) in [5, 5.41) is 0.142. The molecule has 0 bridgehead atoms. The molecule has 1 aromatic carbocycles. The summed E-state index contributed by atoms with van der Waals surface area (Å²) < 4.78 is 13.1. The molecule has 1 heterocycles. The molecule has 0 atom stereocenters. The lowest BCUT2D eigenvalue weighted by molar-refractivity contribution is 0.627. The molecule has 3 nitrogen and oxygen atoms in total. The van der Waals surface area contributed by atoms with Crippen LogP contribution in [0.2, 0.25) is 5.02 Å². The molecule has 0 radical (unpaired) electrons. The standard InChI is InChI=1S/C13H15ClFN3/c1-8-12(18-13(17-8)4-5-16)7-9-2-3-11(15)10(14)6-9/h2-3,6H,4-5,7,16H2,1H3,(H,17,18). The van der Waals surface area contributed by atoms with Gasteiger partial charge in [0.2, 0.25) is 0 Å². The third-order valence-electron chi connectivity index (χ3n) is 2.77. The van der Waals surface area contributed by atoms with Crippen molar-refractivity contribution in [3.05, 3.63) is 51.8 Å². The van der Waals surface area contributed by atoms with E-state index < -0.39 is 5.82 Å². The number of aromatic nitrogens is 2. The van der Waals surface area contributed by atoms with Gasteiger partial charge in [0.1, 0.15) is 11.6 Å². The molecule has 0 saturated heterocycles. The molecule has 0 saturated carbocycles. The van der Waals surface area contributed by atoms with Gasteiger partial charge in [-0.2, -0.15) is 0 Å². The first-order chi connectivity index (χ1) is 8.60. The normalized spacial score (nSPS) is 10.9. The molecule has 0 amide bonds. The molecule has 2 aromatic rings. The third kappa shape index (κ3) is 2.89. The minimum Gasteiger partial charge on any atom is -0.346 e. The number of H-pyrrole nitrogens is 1. The highest BCUT2D eigenvalue weighted by atomic mass is 35.5. The SMILES string of the molecule is Cc1[nH]c(CCN)nc1Cc1ccc(F)c(Cl)c1. The lowest BCUT2D eigenvalue weighted by Gasteiger charge is -2.01. The predicted molar refractivity (Wildman–Crippen MR) is 70.3 cm³/mol. The zero-order valence-electron chi connectivity index (χ0n) is 10.1. The monoisotopic (exact) mass is 267 g/mol. The van der Waals surface area contributed by atoms with E-state index in [0.29, 0.717) is 13.0 Å². The molecule has 1 aromatic heterocycles. The van der Waals surface area contributed by atoms with E-state index in [1.165, 1.54) is 6.07 Å². The number of hydrogen-bond acceptors (Lipinski definition) is 2. The molecule has 3 N–H and O–H groups in total. The minimum atomic E-state index is -0.400. The van der Waals surface area contributed by atoms with Gasteiger partial charge in [-0.05, 0) is 31.2 Å². The first kappa shape index (κ1) is 13.1. The van der Waals surface area contributed by atoms with Crippen LogP contribution in [0.1, 0.15) is 22.8 Å². The second-order valence-corrected chi connectivity index (χ2v) is 4.63. The lowest BCUT2D eigenvalue weighted by Crippen LogP contribution is -2.04. The van der Waals surface area contributed by atoms with Crippen molar-refractivity contribution in [2.75, 3.05) is 6.54 Å². The molecule has 96 valence electrons. The predicted octanol–water partition coefficient (Wildman–Crippen LogP) is 2.60. The molecule has 0 fully saturated rings. The Morgan fingerprint density at radius 3 is 2.89 bits per heavy atom. The Morgan fingerprint density at radius 2 is 2.22 bits per heavy atom. The number of benzene rings is 1. The summed E-state index contributed by atoms with van der Waals surface area (Å²) in [7, 11) is 0. The Hall–Kier alpha value is -1.39. The summed E-state index contributed by atoms with van der Waals surface area (Å²) >= 11 is 5.76. The van der Waals surface area contributed by atoms with Gasteiger partial charge in [-0.3, -0.25) is 0 Å². The number of rotatable bonds is 4. The number of nitrogens with zero attached hydrogens (tertiary/aromatic N) is 1. The van der Waals surface area contributed by atoms with Gasteiger partial charge in [0, 0.05) is 18.5 Å². The van der Waals surface area contributed by atoms with Gasteiger partial charge < -0.3 is 10.7 Å². The maximum absolute atomic E-state index is 13.1. The number of halogens is 2. The van der Waals surface area contributed by atoms with E-state index in [0.717, 1.165) is 29.2 Å². The number of aryl methyl sites for hydroxylation is 1. The van der Waals surface area contributed by atoms with Crippen molar-refractivity contribution < 1.29 is 4.39 Å². The van der Waals surface area contributed by atoms with Crippen molar-refractivity contribution in [1.82, 2.24) is 9.97 Å². The summed E-state index contributed by atoms with van der Waals surface area (Å²) in [5.74, 6) is 0.487. The fourth-order valence-corrected chi connectivity index (χ4v) is 2.04. The first-order valence-corrected chi connectivity index (χ1v) is 6.16. The van der Waals surface area contributed by atoms with Crippen LogP contribution in [-0.4, -0.2) is 16.5 Å². The quantitative estimate of drug-likeness (QED) is 0.895. The van der Waals surface area contributed by atoms with Crippen LogP contribution < -0.4 is 5.73 Å². The maximum atomic E-state index is 13.1.